The van der Waals surface area contributed by atoms with Crippen LogP contribution in [0.2, 0.25) is 0 Å². The molecule has 2 aromatic rings. The smallest absolute Gasteiger partial charge is 0.157 e. The standard InChI is InChI=1S/C12H19NO3.C11H17NO3/c1-12(2,3)13-7-11(16)8-4-9(14)6-10(15)5-8;1-7(2)12-6-11(15)8-3-4-9(13)10(14)5-8/h4-6,11,13-16H,7H2,1-3H3;3-5,7,11-15H,6H2,1-2H3. The molecule has 0 radical (unpaired) electrons. The molecule has 8 N–H and O–H groups in total. The number of phenols is 4. The van der Waals surface area contributed by atoms with Crippen LogP contribution in [0, 0.1) is 0 Å². The van der Waals surface area contributed by atoms with E-state index in [4.69, 9.17) is 5.11 Å². The molecule has 0 saturated heterocycles. The van der Waals surface area contributed by atoms with Crippen LogP contribution in [0.3, 0.4) is 0 Å². The topological polar surface area (TPSA) is 145 Å². The SMILES string of the molecule is CC(C)(C)NCC(O)c1cc(O)cc(O)c1.CC(C)NCC(O)c1ccc(O)c(O)c1. The molecule has 2 atom stereocenters. The second-order valence-corrected chi connectivity index (χ2v) is 8.76. The van der Waals surface area contributed by atoms with Crippen molar-refractivity contribution in [3.8, 4) is 23.0 Å². The number of aliphatic hydroxyl groups excluding tert-OH is 2. The monoisotopic (exact) mass is 436 g/mol. The van der Waals surface area contributed by atoms with Crippen LogP contribution in [0.5, 0.6) is 23.0 Å². The van der Waals surface area contributed by atoms with Gasteiger partial charge in [-0.2, -0.15) is 0 Å². The molecule has 2 unspecified atom stereocenters. The highest BCUT2D eigenvalue weighted by molar-refractivity contribution is 5.41. The first-order chi connectivity index (χ1) is 14.3. The summed E-state index contributed by atoms with van der Waals surface area (Å²) in [5, 5.41) is 62.7. The van der Waals surface area contributed by atoms with E-state index in [0.717, 1.165) is 0 Å². The quantitative estimate of drug-likeness (QED) is 0.309. The van der Waals surface area contributed by atoms with Gasteiger partial charge in [0.15, 0.2) is 11.5 Å². The average Bonchev–Trinajstić information content (AvgIpc) is 2.65. The number of phenolic OH excluding ortho intramolecular Hbond substituents is 4. The number of rotatable bonds is 7. The maximum atomic E-state index is 9.85. The summed E-state index contributed by atoms with van der Waals surface area (Å²) in [6.45, 7) is 10.8. The number of nitrogens with one attached hydrogen (secondary N) is 2. The molecule has 0 aliphatic heterocycles. The van der Waals surface area contributed by atoms with Crippen molar-refractivity contribution in [1.29, 1.82) is 0 Å². The van der Waals surface area contributed by atoms with E-state index in [1.165, 1.54) is 30.3 Å². The lowest BCUT2D eigenvalue weighted by Crippen LogP contribution is -2.38. The van der Waals surface area contributed by atoms with Gasteiger partial charge >= 0.3 is 0 Å². The Kier molecular flexibility index (Phi) is 10.1. The summed E-state index contributed by atoms with van der Waals surface area (Å²) in [5.74, 6) is -0.492. The fraction of sp³-hybridized carbons (Fsp3) is 0.478. The van der Waals surface area contributed by atoms with Crippen LogP contribution in [0.25, 0.3) is 0 Å². The molecule has 8 heteroatoms. The van der Waals surface area contributed by atoms with Gasteiger partial charge in [0.2, 0.25) is 0 Å². The molecule has 0 spiro atoms. The number of hydrogen-bond donors (Lipinski definition) is 8. The third-order valence-electron chi connectivity index (χ3n) is 4.24. The molecular formula is C23H36N2O6. The molecule has 0 fully saturated rings. The van der Waals surface area contributed by atoms with Gasteiger partial charge in [-0.15, -0.1) is 0 Å². The van der Waals surface area contributed by atoms with Crippen molar-refractivity contribution in [2.75, 3.05) is 13.1 Å². The number of benzene rings is 2. The Hall–Kier alpha value is -2.52. The molecule has 0 aromatic heterocycles. The lowest BCUT2D eigenvalue weighted by molar-refractivity contribution is 0.162. The van der Waals surface area contributed by atoms with E-state index in [0.29, 0.717) is 30.3 Å². The highest BCUT2D eigenvalue weighted by atomic mass is 16.3. The Bertz CT molecular complexity index is 800. The van der Waals surface area contributed by atoms with E-state index in [9.17, 15) is 25.5 Å². The van der Waals surface area contributed by atoms with Crippen molar-refractivity contribution < 1.29 is 30.6 Å². The van der Waals surface area contributed by atoms with Crippen LogP contribution in [0.1, 0.15) is 58.0 Å². The summed E-state index contributed by atoms with van der Waals surface area (Å²) in [6.07, 6.45) is -1.43. The predicted octanol–water partition coefficient (Wildman–Crippen LogP) is 2.65. The summed E-state index contributed by atoms with van der Waals surface area (Å²) in [6, 6.07) is 8.72. The molecule has 31 heavy (non-hydrogen) atoms. The first-order valence-corrected chi connectivity index (χ1v) is 10.2. The van der Waals surface area contributed by atoms with Gasteiger partial charge in [0.05, 0.1) is 12.2 Å². The molecule has 0 aliphatic carbocycles. The van der Waals surface area contributed by atoms with E-state index < -0.39 is 12.2 Å². The normalized spacial score (nSPS) is 13.4. The van der Waals surface area contributed by atoms with Crippen LogP contribution >= 0.6 is 0 Å². The Labute approximate surface area is 183 Å². The largest absolute Gasteiger partial charge is 0.508 e. The van der Waals surface area contributed by atoms with Crippen LogP contribution in [-0.2, 0) is 0 Å². The molecule has 0 heterocycles. The summed E-state index contributed by atoms with van der Waals surface area (Å²) in [5.41, 5.74) is 0.993. The molecule has 2 aromatic carbocycles. The van der Waals surface area contributed by atoms with Crippen molar-refractivity contribution >= 4 is 0 Å². The van der Waals surface area contributed by atoms with Gasteiger partial charge in [-0.05, 0) is 56.2 Å². The molecule has 0 bridgehead atoms. The highest BCUT2D eigenvalue weighted by Gasteiger charge is 2.14. The lowest BCUT2D eigenvalue weighted by Gasteiger charge is -2.23. The molecular weight excluding hydrogens is 400 g/mol. The Morgan fingerprint density at radius 1 is 0.742 bits per heavy atom. The van der Waals surface area contributed by atoms with E-state index in [1.54, 1.807) is 6.07 Å². The zero-order valence-electron chi connectivity index (χ0n) is 18.8. The summed E-state index contributed by atoms with van der Waals surface area (Å²) < 4.78 is 0. The third-order valence-corrected chi connectivity index (χ3v) is 4.24. The van der Waals surface area contributed by atoms with Crippen molar-refractivity contribution in [2.45, 2.75) is 58.4 Å². The molecule has 174 valence electrons. The van der Waals surface area contributed by atoms with E-state index in [2.05, 4.69) is 10.6 Å². The predicted molar refractivity (Wildman–Crippen MR) is 120 cm³/mol. The van der Waals surface area contributed by atoms with Crippen LogP contribution in [-0.4, -0.2) is 55.3 Å². The second kappa shape index (κ2) is 11.8. The van der Waals surface area contributed by atoms with Crippen LogP contribution < -0.4 is 10.6 Å². The lowest BCUT2D eigenvalue weighted by atomic mass is 10.1. The molecule has 8 nitrogen and oxygen atoms in total. The second-order valence-electron chi connectivity index (χ2n) is 8.76. The van der Waals surface area contributed by atoms with Crippen LogP contribution in [0.4, 0.5) is 0 Å². The maximum Gasteiger partial charge on any atom is 0.157 e. The molecule has 2 rings (SSSR count). The van der Waals surface area contributed by atoms with E-state index in [1.807, 2.05) is 34.6 Å². The Morgan fingerprint density at radius 3 is 1.77 bits per heavy atom. The molecule has 0 amide bonds. The zero-order valence-corrected chi connectivity index (χ0v) is 18.8. The Morgan fingerprint density at radius 2 is 1.29 bits per heavy atom. The summed E-state index contributed by atoms with van der Waals surface area (Å²) >= 11 is 0. The third kappa shape index (κ3) is 10.4. The first-order valence-electron chi connectivity index (χ1n) is 10.2. The minimum absolute atomic E-state index is 0.0511. The fourth-order valence-electron chi connectivity index (χ4n) is 2.54. The number of aliphatic hydroxyl groups is 2. The molecule has 0 aliphatic rings. The van der Waals surface area contributed by atoms with Crippen LogP contribution in [0.15, 0.2) is 36.4 Å². The minimum Gasteiger partial charge on any atom is -0.508 e. The Balaban J connectivity index is 0.000000311. The van der Waals surface area contributed by atoms with Crippen molar-refractivity contribution in [3.05, 3.63) is 47.5 Å². The van der Waals surface area contributed by atoms with Crippen molar-refractivity contribution in [3.63, 3.8) is 0 Å². The van der Waals surface area contributed by atoms with Gasteiger partial charge in [-0.1, -0.05) is 19.9 Å². The van der Waals surface area contributed by atoms with Gasteiger partial charge in [0, 0.05) is 30.7 Å². The van der Waals surface area contributed by atoms with Gasteiger partial charge in [-0.3, -0.25) is 0 Å². The van der Waals surface area contributed by atoms with E-state index >= 15 is 0 Å². The zero-order chi connectivity index (χ0) is 23.8. The van der Waals surface area contributed by atoms with Gasteiger partial charge in [-0.25, -0.2) is 0 Å². The minimum atomic E-state index is -0.753. The summed E-state index contributed by atoms with van der Waals surface area (Å²) in [7, 11) is 0. The average molecular weight is 437 g/mol. The van der Waals surface area contributed by atoms with E-state index in [-0.39, 0.29) is 28.5 Å². The van der Waals surface area contributed by atoms with Crippen molar-refractivity contribution in [2.24, 2.45) is 0 Å². The highest BCUT2D eigenvalue weighted by Crippen LogP contribution is 2.27. The number of β-amino-alcohol motifs (C(OH)–C–C–N with tert-alkyl or cyclic N) is 1. The fourth-order valence-corrected chi connectivity index (χ4v) is 2.54. The maximum absolute atomic E-state index is 9.85. The van der Waals surface area contributed by atoms with Gasteiger partial charge in [0.25, 0.3) is 0 Å². The first kappa shape index (κ1) is 26.5. The van der Waals surface area contributed by atoms with Gasteiger partial charge < -0.3 is 41.3 Å². The van der Waals surface area contributed by atoms with Gasteiger partial charge in [0.1, 0.15) is 11.5 Å². The number of hydrogen-bond acceptors (Lipinski definition) is 8. The molecule has 0 saturated carbocycles. The summed E-state index contributed by atoms with van der Waals surface area (Å²) in [4.78, 5) is 0. The van der Waals surface area contributed by atoms with Crippen molar-refractivity contribution in [1.82, 2.24) is 10.6 Å². The number of aromatic hydroxyl groups is 4.